The van der Waals surface area contributed by atoms with Crippen molar-refractivity contribution >= 4 is 30.1 Å². The van der Waals surface area contributed by atoms with Crippen LogP contribution in [-0.4, -0.2) is 5.91 Å². The lowest BCUT2D eigenvalue weighted by Crippen LogP contribution is -2.19. The molecule has 1 aliphatic heterocycles. The number of allylic oxidation sites excluding steroid dienone is 2. The SMILES string of the molecule is Cl.NC(=O)C1=CC=Cc2ccccc2N1. The number of amides is 1. The summed E-state index contributed by atoms with van der Waals surface area (Å²) in [5.74, 6) is -0.452. The van der Waals surface area contributed by atoms with Gasteiger partial charge in [0.15, 0.2) is 0 Å². The van der Waals surface area contributed by atoms with Crippen molar-refractivity contribution in [3.63, 3.8) is 0 Å². The molecule has 1 aromatic rings. The van der Waals surface area contributed by atoms with Crippen LogP contribution in [0.2, 0.25) is 0 Å². The Bertz CT molecular complexity index is 438. The van der Waals surface area contributed by atoms with E-state index in [9.17, 15) is 4.79 Å². The van der Waals surface area contributed by atoms with Gasteiger partial charge in [-0.3, -0.25) is 4.79 Å². The van der Waals surface area contributed by atoms with Crippen LogP contribution < -0.4 is 11.1 Å². The third kappa shape index (κ3) is 2.39. The largest absolute Gasteiger partial charge is 0.364 e. The van der Waals surface area contributed by atoms with Gasteiger partial charge >= 0.3 is 0 Å². The van der Waals surface area contributed by atoms with E-state index in [-0.39, 0.29) is 12.4 Å². The van der Waals surface area contributed by atoms with Crippen LogP contribution in [0, 0.1) is 0 Å². The van der Waals surface area contributed by atoms with E-state index in [0.29, 0.717) is 5.70 Å². The number of hydrogen-bond donors (Lipinski definition) is 2. The van der Waals surface area contributed by atoms with E-state index < -0.39 is 5.91 Å². The molecule has 0 bridgehead atoms. The molecule has 0 aromatic heterocycles. The van der Waals surface area contributed by atoms with Crippen LogP contribution in [0.15, 0.2) is 42.1 Å². The summed E-state index contributed by atoms with van der Waals surface area (Å²) in [6.07, 6.45) is 5.40. The van der Waals surface area contributed by atoms with E-state index in [1.54, 1.807) is 12.2 Å². The number of benzene rings is 1. The van der Waals surface area contributed by atoms with Crippen LogP contribution in [0.3, 0.4) is 0 Å². The molecule has 1 heterocycles. The standard InChI is InChI=1S/C11H10N2O.ClH/c12-11(14)10-7-3-5-8-4-1-2-6-9(8)13-10;/h1-7,13H,(H2,12,14);1H. The van der Waals surface area contributed by atoms with Crippen LogP contribution in [-0.2, 0) is 4.79 Å². The Morgan fingerprint density at radius 3 is 2.73 bits per heavy atom. The van der Waals surface area contributed by atoms with E-state index in [0.717, 1.165) is 11.3 Å². The highest BCUT2D eigenvalue weighted by Gasteiger charge is 2.08. The second-order valence-electron chi connectivity index (χ2n) is 3.02. The Hall–Kier alpha value is -1.74. The molecule has 1 aromatic carbocycles. The lowest BCUT2D eigenvalue weighted by Gasteiger charge is -2.07. The summed E-state index contributed by atoms with van der Waals surface area (Å²) in [5, 5.41) is 2.98. The molecule has 0 saturated carbocycles. The minimum Gasteiger partial charge on any atom is -0.364 e. The fraction of sp³-hybridized carbons (Fsp3) is 0. The number of nitrogens with one attached hydrogen (secondary N) is 1. The zero-order chi connectivity index (χ0) is 9.97. The van der Waals surface area contributed by atoms with Gasteiger partial charge in [-0.2, -0.15) is 0 Å². The van der Waals surface area contributed by atoms with Crippen LogP contribution in [0.1, 0.15) is 5.56 Å². The number of para-hydroxylation sites is 1. The van der Waals surface area contributed by atoms with E-state index in [4.69, 9.17) is 5.73 Å². The maximum Gasteiger partial charge on any atom is 0.265 e. The van der Waals surface area contributed by atoms with Gasteiger partial charge < -0.3 is 11.1 Å². The molecule has 0 fully saturated rings. The molecule has 2 rings (SSSR count). The van der Waals surface area contributed by atoms with Crippen LogP contribution in [0.5, 0.6) is 0 Å². The number of anilines is 1. The molecule has 3 N–H and O–H groups in total. The molecule has 0 aliphatic carbocycles. The third-order valence-electron chi connectivity index (χ3n) is 2.03. The first-order chi connectivity index (χ1) is 6.77. The summed E-state index contributed by atoms with van der Waals surface area (Å²) in [7, 11) is 0. The Balaban J connectivity index is 0.00000112. The molecule has 4 heteroatoms. The molecule has 0 unspecified atom stereocenters. The Kier molecular flexibility index (Phi) is 3.52. The van der Waals surface area contributed by atoms with Crippen molar-refractivity contribution in [2.75, 3.05) is 5.32 Å². The Labute approximate surface area is 94.1 Å². The molecule has 1 amide bonds. The van der Waals surface area contributed by atoms with Gasteiger partial charge in [-0.15, -0.1) is 12.4 Å². The van der Waals surface area contributed by atoms with Gasteiger partial charge in [-0.1, -0.05) is 30.4 Å². The molecule has 15 heavy (non-hydrogen) atoms. The van der Waals surface area contributed by atoms with Crippen molar-refractivity contribution < 1.29 is 4.79 Å². The maximum atomic E-state index is 11.0. The molecule has 0 saturated heterocycles. The lowest BCUT2D eigenvalue weighted by molar-refractivity contribution is -0.114. The molecule has 3 nitrogen and oxygen atoms in total. The fourth-order valence-corrected chi connectivity index (χ4v) is 1.33. The summed E-state index contributed by atoms with van der Waals surface area (Å²) in [6, 6.07) is 7.72. The normalized spacial score (nSPS) is 12.7. The molecule has 0 spiro atoms. The van der Waals surface area contributed by atoms with E-state index in [1.165, 1.54) is 0 Å². The quantitative estimate of drug-likeness (QED) is 0.763. The summed E-state index contributed by atoms with van der Waals surface area (Å²) < 4.78 is 0. The minimum atomic E-state index is -0.452. The van der Waals surface area contributed by atoms with Gasteiger partial charge in [0, 0.05) is 5.69 Å². The summed E-state index contributed by atoms with van der Waals surface area (Å²) in [4.78, 5) is 11.0. The molecule has 0 radical (unpaired) electrons. The van der Waals surface area contributed by atoms with Crippen LogP contribution in [0.25, 0.3) is 6.08 Å². The van der Waals surface area contributed by atoms with Crippen molar-refractivity contribution in [1.82, 2.24) is 0 Å². The highest BCUT2D eigenvalue weighted by Crippen LogP contribution is 2.20. The van der Waals surface area contributed by atoms with Gasteiger partial charge in [0.05, 0.1) is 0 Å². The number of primary amides is 1. The second-order valence-corrected chi connectivity index (χ2v) is 3.02. The molecular weight excluding hydrogens is 212 g/mol. The number of fused-ring (bicyclic) bond motifs is 1. The molecule has 78 valence electrons. The van der Waals surface area contributed by atoms with E-state index in [1.807, 2.05) is 30.3 Å². The highest BCUT2D eigenvalue weighted by molar-refractivity contribution is 5.96. The minimum absolute atomic E-state index is 0. The monoisotopic (exact) mass is 222 g/mol. The summed E-state index contributed by atoms with van der Waals surface area (Å²) >= 11 is 0. The van der Waals surface area contributed by atoms with Crippen molar-refractivity contribution in [3.05, 3.63) is 47.7 Å². The van der Waals surface area contributed by atoms with Gasteiger partial charge in [0.2, 0.25) is 0 Å². The molecule has 1 aliphatic rings. The number of nitrogens with two attached hydrogens (primary N) is 1. The van der Waals surface area contributed by atoms with Gasteiger partial charge in [-0.05, 0) is 17.7 Å². The average Bonchev–Trinajstić information content (AvgIpc) is 2.39. The maximum absolute atomic E-state index is 11.0. The first-order valence-corrected chi connectivity index (χ1v) is 4.31. The van der Waals surface area contributed by atoms with Crippen LogP contribution >= 0.6 is 12.4 Å². The molecule has 0 atom stereocenters. The topological polar surface area (TPSA) is 55.1 Å². The predicted molar refractivity (Wildman–Crippen MR) is 63.6 cm³/mol. The summed E-state index contributed by atoms with van der Waals surface area (Å²) in [6.45, 7) is 0. The Morgan fingerprint density at radius 2 is 2.00 bits per heavy atom. The number of hydrogen-bond acceptors (Lipinski definition) is 2. The van der Waals surface area contributed by atoms with Gasteiger partial charge in [-0.25, -0.2) is 0 Å². The zero-order valence-electron chi connectivity index (χ0n) is 7.94. The highest BCUT2D eigenvalue weighted by atomic mass is 35.5. The van der Waals surface area contributed by atoms with Crippen molar-refractivity contribution in [1.29, 1.82) is 0 Å². The van der Waals surface area contributed by atoms with E-state index >= 15 is 0 Å². The fourth-order valence-electron chi connectivity index (χ4n) is 1.33. The van der Waals surface area contributed by atoms with Crippen molar-refractivity contribution in [3.8, 4) is 0 Å². The van der Waals surface area contributed by atoms with Gasteiger partial charge in [0.25, 0.3) is 5.91 Å². The number of carbonyl (C=O) groups excluding carboxylic acids is 1. The number of rotatable bonds is 1. The third-order valence-corrected chi connectivity index (χ3v) is 2.03. The summed E-state index contributed by atoms with van der Waals surface area (Å²) in [5.41, 5.74) is 7.54. The first kappa shape index (κ1) is 11.3. The van der Waals surface area contributed by atoms with E-state index in [2.05, 4.69) is 5.32 Å². The van der Waals surface area contributed by atoms with Crippen LogP contribution in [0.4, 0.5) is 5.69 Å². The van der Waals surface area contributed by atoms with Crippen molar-refractivity contribution in [2.45, 2.75) is 0 Å². The zero-order valence-corrected chi connectivity index (χ0v) is 8.75. The van der Waals surface area contributed by atoms with Gasteiger partial charge in [0.1, 0.15) is 5.70 Å². The lowest BCUT2D eigenvalue weighted by atomic mass is 10.2. The molecular formula is C11H11ClN2O. The number of halogens is 1. The smallest absolute Gasteiger partial charge is 0.265 e. The Morgan fingerprint density at radius 1 is 1.27 bits per heavy atom. The predicted octanol–water partition coefficient (Wildman–Crippen LogP) is 1.92. The van der Waals surface area contributed by atoms with Crippen molar-refractivity contribution in [2.24, 2.45) is 5.73 Å². The average molecular weight is 223 g/mol. The second kappa shape index (κ2) is 4.66. The number of carbonyl (C=O) groups is 1. The first-order valence-electron chi connectivity index (χ1n) is 4.31.